The summed E-state index contributed by atoms with van der Waals surface area (Å²) in [5, 5.41) is 3.57. The fraction of sp³-hybridized carbons (Fsp3) is 0.647. The van der Waals surface area contributed by atoms with Gasteiger partial charge in [-0.2, -0.15) is 0 Å². The fourth-order valence-electron chi connectivity index (χ4n) is 2.59. The first-order chi connectivity index (χ1) is 9.85. The summed E-state index contributed by atoms with van der Waals surface area (Å²) in [6, 6.07) is 6.52. The molecule has 1 aliphatic rings. The van der Waals surface area contributed by atoms with E-state index < -0.39 is 0 Å². The number of anilines is 1. The van der Waals surface area contributed by atoms with E-state index in [9.17, 15) is 0 Å². The monoisotopic (exact) mass is 354 g/mol. The Labute approximate surface area is 137 Å². The van der Waals surface area contributed by atoms with Crippen molar-refractivity contribution in [2.24, 2.45) is 0 Å². The highest BCUT2D eigenvalue weighted by Gasteiger charge is 2.19. The average Bonchev–Trinajstić information content (AvgIpc) is 2.89. The molecule has 0 amide bonds. The average molecular weight is 355 g/mol. The van der Waals surface area contributed by atoms with Gasteiger partial charge in [0.15, 0.2) is 0 Å². The molecule has 1 fully saturated rings. The molecule has 118 valence electrons. The van der Waals surface area contributed by atoms with Gasteiger partial charge in [0.1, 0.15) is 0 Å². The highest BCUT2D eigenvalue weighted by Crippen LogP contribution is 2.26. The molecule has 0 aromatic heterocycles. The first kappa shape index (κ1) is 16.8. The van der Waals surface area contributed by atoms with Gasteiger partial charge >= 0.3 is 0 Å². The minimum atomic E-state index is 0.122. The topological polar surface area (TPSA) is 24.5 Å². The van der Waals surface area contributed by atoms with Gasteiger partial charge in [0.2, 0.25) is 0 Å². The normalized spacial score (nSPS) is 19.0. The molecule has 1 atom stereocenters. The Morgan fingerprint density at radius 1 is 1.38 bits per heavy atom. The summed E-state index contributed by atoms with van der Waals surface area (Å²) >= 11 is 3.59. The molecule has 0 bridgehead atoms. The molecule has 0 aliphatic carbocycles. The zero-order valence-electron chi connectivity index (χ0n) is 13.6. The largest absolute Gasteiger partial charge is 0.376 e. The van der Waals surface area contributed by atoms with Crippen molar-refractivity contribution in [1.82, 2.24) is 5.32 Å². The highest BCUT2D eigenvalue weighted by atomic mass is 79.9. The second kappa shape index (κ2) is 7.12. The molecule has 1 aliphatic heterocycles. The van der Waals surface area contributed by atoms with Crippen LogP contribution in [-0.4, -0.2) is 31.8 Å². The molecule has 0 spiro atoms. The Kier molecular flexibility index (Phi) is 5.69. The van der Waals surface area contributed by atoms with E-state index in [1.165, 1.54) is 24.1 Å². The lowest BCUT2D eigenvalue weighted by Crippen LogP contribution is -2.36. The molecule has 1 N–H and O–H groups in total. The molecule has 1 saturated heterocycles. The Balaban J connectivity index is 2.09. The second-order valence-corrected chi connectivity index (χ2v) is 7.81. The number of rotatable bonds is 5. The fourth-order valence-corrected chi connectivity index (χ4v) is 2.94. The van der Waals surface area contributed by atoms with E-state index in [0.29, 0.717) is 6.10 Å². The number of ether oxygens (including phenoxy) is 1. The van der Waals surface area contributed by atoms with Crippen molar-refractivity contribution >= 4 is 21.6 Å². The Hall–Kier alpha value is -0.580. The van der Waals surface area contributed by atoms with E-state index in [-0.39, 0.29) is 5.54 Å². The molecule has 4 heteroatoms. The molecule has 0 saturated carbocycles. The predicted molar refractivity (Wildman–Crippen MR) is 93.0 cm³/mol. The van der Waals surface area contributed by atoms with Crippen molar-refractivity contribution in [3.05, 3.63) is 28.2 Å². The van der Waals surface area contributed by atoms with Crippen LogP contribution in [0.4, 0.5) is 5.69 Å². The number of nitrogens with one attached hydrogen (secondary N) is 1. The maximum Gasteiger partial charge on any atom is 0.0750 e. The zero-order valence-corrected chi connectivity index (χ0v) is 15.2. The second-order valence-electron chi connectivity index (χ2n) is 6.89. The van der Waals surface area contributed by atoms with Crippen LogP contribution >= 0.6 is 15.9 Å². The number of halogens is 1. The molecule has 21 heavy (non-hydrogen) atoms. The van der Waals surface area contributed by atoms with Crippen molar-refractivity contribution in [3.63, 3.8) is 0 Å². The van der Waals surface area contributed by atoms with Gasteiger partial charge in [-0.05, 0) is 51.3 Å². The summed E-state index contributed by atoms with van der Waals surface area (Å²) < 4.78 is 6.88. The quantitative estimate of drug-likeness (QED) is 0.866. The maximum atomic E-state index is 5.76. The number of nitrogens with zero attached hydrogens (tertiary/aromatic N) is 1. The van der Waals surface area contributed by atoms with Crippen LogP contribution in [0.1, 0.15) is 39.2 Å². The van der Waals surface area contributed by atoms with E-state index in [2.05, 4.69) is 72.2 Å². The molecule has 1 unspecified atom stereocenters. The Bertz CT molecular complexity index is 464. The number of hydrogen-bond acceptors (Lipinski definition) is 3. The lowest BCUT2D eigenvalue weighted by atomic mass is 10.1. The molecular weight excluding hydrogens is 328 g/mol. The van der Waals surface area contributed by atoms with Crippen LogP contribution in [-0.2, 0) is 11.3 Å². The summed E-state index contributed by atoms with van der Waals surface area (Å²) in [7, 11) is 2.16. The first-order valence-corrected chi connectivity index (χ1v) is 8.51. The number of hydrogen-bond donors (Lipinski definition) is 1. The highest BCUT2D eigenvalue weighted by molar-refractivity contribution is 9.10. The van der Waals surface area contributed by atoms with Gasteiger partial charge in [-0.15, -0.1) is 0 Å². The third-order valence-corrected chi connectivity index (χ3v) is 4.26. The van der Waals surface area contributed by atoms with Crippen LogP contribution < -0.4 is 10.2 Å². The Morgan fingerprint density at radius 3 is 2.76 bits per heavy atom. The lowest BCUT2D eigenvalue weighted by molar-refractivity contribution is 0.116. The van der Waals surface area contributed by atoms with Gasteiger partial charge in [-0.3, -0.25) is 0 Å². The van der Waals surface area contributed by atoms with Crippen LogP contribution in [0.3, 0.4) is 0 Å². The molecule has 0 radical (unpaired) electrons. The van der Waals surface area contributed by atoms with Crippen LogP contribution in [0.15, 0.2) is 22.7 Å². The SMILES string of the molecule is CN(CC1CCCO1)c1cc(Br)ccc1CNC(C)(C)C. The van der Waals surface area contributed by atoms with Crippen LogP contribution in [0.5, 0.6) is 0 Å². The van der Waals surface area contributed by atoms with Gasteiger partial charge < -0.3 is 15.0 Å². The van der Waals surface area contributed by atoms with Crippen molar-refractivity contribution in [3.8, 4) is 0 Å². The smallest absolute Gasteiger partial charge is 0.0750 e. The molecule has 1 heterocycles. The summed E-state index contributed by atoms with van der Waals surface area (Å²) in [6.07, 6.45) is 2.74. The minimum Gasteiger partial charge on any atom is -0.376 e. The van der Waals surface area contributed by atoms with Crippen LogP contribution in [0.25, 0.3) is 0 Å². The molecule has 2 rings (SSSR count). The summed E-state index contributed by atoms with van der Waals surface area (Å²) in [5.41, 5.74) is 2.72. The van der Waals surface area contributed by atoms with Crippen molar-refractivity contribution in [2.45, 2.75) is 51.8 Å². The zero-order chi connectivity index (χ0) is 15.5. The minimum absolute atomic E-state index is 0.122. The Morgan fingerprint density at radius 2 is 2.14 bits per heavy atom. The summed E-state index contributed by atoms with van der Waals surface area (Å²) in [4.78, 5) is 2.32. The van der Waals surface area contributed by atoms with Crippen molar-refractivity contribution in [1.29, 1.82) is 0 Å². The van der Waals surface area contributed by atoms with Gasteiger partial charge in [0.05, 0.1) is 6.10 Å². The third-order valence-electron chi connectivity index (χ3n) is 3.77. The van der Waals surface area contributed by atoms with Gasteiger partial charge in [0, 0.05) is 42.4 Å². The standard InChI is InChI=1S/C17H27BrN2O/c1-17(2,3)19-11-13-7-8-14(18)10-16(13)20(4)12-15-6-5-9-21-15/h7-8,10,15,19H,5-6,9,11-12H2,1-4H3. The van der Waals surface area contributed by atoms with Crippen molar-refractivity contribution in [2.75, 3.05) is 25.1 Å². The van der Waals surface area contributed by atoms with Crippen LogP contribution in [0, 0.1) is 0 Å². The first-order valence-electron chi connectivity index (χ1n) is 7.71. The lowest BCUT2D eigenvalue weighted by Gasteiger charge is -2.27. The van der Waals surface area contributed by atoms with E-state index in [1.54, 1.807) is 0 Å². The summed E-state index contributed by atoms with van der Waals surface area (Å²) in [5.74, 6) is 0. The molecular formula is C17H27BrN2O. The van der Waals surface area contributed by atoms with Crippen LogP contribution in [0.2, 0.25) is 0 Å². The predicted octanol–water partition coefficient (Wildman–Crippen LogP) is 3.95. The maximum absolute atomic E-state index is 5.76. The molecule has 1 aromatic carbocycles. The van der Waals surface area contributed by atoms with Gasteiger partial charge in [-0.1, -0.05) is 22.0 Å². The van der Waals surface area contributed by atoms with E-state index in [4.69, 9.17) is 4.74 Å². The molecule has 1 aromatic rings. The number of likely N-dealkylation sites (N-methyl/N-ethyl adjacent to an activating group) is 1. The van der Waals surface area contributed by atoms with Gasteiger partial charge in [-0.25, -0.2) is 0 Å². The van der Waals surface area contributed by atoms with E-state index in [0.717, 1.165) is 24.2 Å². The van der Waals surface area contributed by atoms with E-state index >= 15 is 0 Å². The molecule has 3 nitrogen and oxygen atoms in total. The van der Waals surface area contributed by atoms with E-state index in [1.807, 2.05) is 0 Å². The third kappa shape index (κ3) is 5.28. The number of benzene rings is 1. The van der Waals surface area contributed by atoms with Gasteiger partial charge in [0.25, 0.3) is 0 Å². The summed E-state index contributed by atoms with van der Waals surface area (Å²) in [6.45, 7) is 9.33. The van der Waals surface area contributed by atoms with Crippen molar-refractivity contribution < 1.29 is 4.74 Å².